The van der Waals surface area contributed by atoms with E-state index in [1.807, 2.05) is 6.07 Å². The lowest BCUT2D eigenvalue weighted by atomic mass is 10.2. The van der Waals surface area contributed by atoms with E-state index in [9.17, 15) is 9.59 Å². The number of benzene rings is 3. The summed E-state index contributed by atoms with van der Waals surface area (Å²) in [5, 5.41) is 5.43. The highest BCUT2D eigenvalue weighted by atomic mass is 35.5. The molecule has 1 N–H and O–H groups in total. The molecule has 1 aromatic heterocycles. The molecule has 0 radical (unpaired) electrons. The van der Waals surface area contributed by atoms with E-state index in [0.717, 1.165) is 11.8 Å². The largest absolute Gasteiger partial charge is 0.497 e. The molecule has 1 heterocycles. The van der Waals surface area contributed by atoms with Crippen molar-refractivity contribution in [3.05, 3.63) is 87.7 Å². The maximum Gasteiger partial charge on any atom is 0.266 e. The number of para-hydroxylation sites is 1. The second-order valence-corrected chi connectivity index (χ2v) is 8.60. The van der Waals surface area contributed by atoms with Crippen molar-refractivity contribution in [2.75, 3.05) is 20.0 Å². The molecule has 3 aromatic carbocycles. The summed E-state index contributed by atoms with van der Waals surface area (Å²) < 4.78 is 12.0. The Morgan fingerprint density at radius 1 is 1.11 bits per heavy atom. The predicted molar refractivity (Wildman–Crippen MR) is 138 cm³/mol. The lowest BCUT2D eigenvalue weighted by Gasteiger charge is -2.13. The van der Waals surface area contributed by atoms with Gasteiger partial charge in [0.25, 0.3) is 11.5 Å². The number of methoxy groups -OCH3 is 2. The van der Waals surface area contributed by atoms with Crippen LogP contribution >= 0.6 is 23.4 Å². The Balaban J connectivity index is 1.54. The fraction of sp³-hybridized carbons (Fsp3) is 0.120. The van der Waals surface area contributed by atoms with Crippen LogP contribution in [0.15, 0.2) is 81.8 Å². The average molecular weight is 509 g/mol. The summed E-state index contributed by atoms with van der Waals surface area (Å²) in [7, 11) is 3.11. The van der Waals surface area contributed by atoms with Gasteiger partial charge in [-0.3, -0.25) is 14.2 Å². The summed E-state index contributed by atoms with van der Waals surface area (Å²) in [6.07, 6.45) is 1.47. The number of nitrogens with zero attached hydrogens (tertiary/aromatic N) is 3. The first kappa shape index (κ1) is 24.3. The van der Waals surface area contributed by atoms with Gasteiger partial charge < -0.3 is 9.47 Å². The van der Waals surface area contributed by atoms with Crippen LogP contribution in [0.25, 0.3) is 16.6 Å². The number of hydrogen-bond acceptors (Lipinski definition) is 7. The lowest BCUT2D eigenvalue weighted by Crippen LogP contribution is -2.24. The van der Waals surface area contributed by atoms with E-state index < -0.39 is 0 Å². The van der Waals surface area contributed by atoms with Gasteiger partial charge in [-0.05, 0) is 54.6 Å². The smallest absolute Gasteiger partial charge is 0.266 e. The topological polar surface area (TPSA) is 94.8 Å². The van der Waals surface area contributed by atoms with Gasteiger partial charge in [-0.25, -0.2) is 10.4 Å². The van der Waals surface area contributed by atoms with Crippen LogP contribution in [0, 0.1) is 0 Å². The summed E-state index contributed by atoms with van der Waals surface area (Å²) in [5.74, 6) is 0.852. The maximum absolute atomic E-state index is 13.3. The van der Waals surface area contributed by atoms with Crippen molar-refractivity contribution < 1.29 is 14.3 Å². The minimum absolute atomic E-state index is 0.00897. The SMILES string of the molecule is COc1ccc(OC)c(/C=N/NC(=O)CSc2nc3ccccc3c(=O)n2-c2ccc(Cl)cc2)c1. The first-order valence-electron chi connectivity index (χ1n) is 10.4. The molecule has 0 aliphatic rings. The molecule has 35 heavy (non-hydrogen) atoms. The van der Waals surface area contributed by atoms with Gasteiger partial charge >= 0.3 is 0 Å². The van der Waals surface area contributed by atoms with E-state index in [0.29, 0.717) is 43.8 Å². The van der Waals surface area contributed by atoms with E-state index in [2.05, 4.69) is 15.5 Å². The number of ether oxygens (including phenoxy) is 2. The predicted octanol–water partition coefficient (Wildman–Crippen LogP) is 4.30. The second-order valence-electron chi connectivity index (χ2n) is 7.22. The number of fused-ring (bicyclic) bond motifs is 1. The third-order valence-corrected chi connectivity index (χ3v) is 6.18. The van der Waals surface area contributed by atoms with Crippen LogP contribution < -0.4 is 20.5 Å². The number of carbonyl (C=O) groups excluding carboxylic acids is 1. The van der Waals surface area contributed by atoms with Gasteiger partial charge in [0, 0.05) is 10.6 Å². The van der Waals surface area contributed by atoms with Gasteiger partial charge in [0.05, 0.1) is 42.8 Å². The van der Waals surface area contributed by atoms with E-state index >= 15 is 0 Å². The molecule has 0 aliphatic carbocycles. The van der Waals surface area contributed by atoms with Crippen molar-refractivity contribution in [1.29, 1.82) is 0 Å². The lowest BCUT2D eigenvalue weighted by molar-refractivity contribution is -0.118. The van der Waals surface area contributed by atoms with Crippen LogP contribution in [-0.4, -0.2) is 41.6 Å². The minimum Gasteiger partial charge on any atom is -0.497 e. The van der Waals surface area contributed by atoms with Crippen LogP contribution in [0.5, 0.6) is 11.5 Å². The molecule has 0 atom stereocenters. The Morgan fingerprint density at radius 3 is 2.63 bits per heavy atom. The van der Waals surface area contributed by atoms with E-state index in [4.69, 9.17) is 21.1 Å². The van der Waals surface area contributed by atoms with Crippen molar-refractivity contribution in [2.24, 2.45) is 5.10 Å². The van der Waals surface area contributed by atoms with E-state index in [1.54, 1.807) is 74.9 Å². The summed E-state index contributed by atoms with van der Waals surface area (Å²) >= 11 is 7.15. The van der Waals surface area contributed by atoms with Gasteiger partial charge in [0.2, 0.25) is 0 Å². The molecule has 178 valence electrons. The highest BCUT2D eigenvalue weighted by Crippen LogP contribution is 2.23. The van der Waals surface area contributed by atoms with Crippen molar-refractivity contribution >= 4 is 46.4 Å². The first-order chi connectivity index (χ1) is 17.0. The summed E-state index contributed by atoms with van der Waals surface area (Å²) in [6.45, 7) is 0. The van der Waals surface area contributed by atoms with Gasteiger partial charge in [-0.15, -0.1) is 0 Å². The Labute approximate surface area is 210 Å². The number of halogens is 1. The molecule has 0 aliphatic heterocycles. The molecular formula is C25H21ClN4O4S. The molecule has 10 heteroatoms. The van der Waals surface area contributed by atoms with Crippen molar-refractivity contribution in [3.8, 4) is 17.2 Å². The summed E-state index contributed by atoms with van der Waals surface area (Å²) in [6, 6.07) is 19.2. The maximum atomic E-state index is 13.3. The molecule has 0 fully saturated rings. The standard InChI is InChI=1S/C25H21ClN4O4S/c1-33-19-11-12-22(34-2)16(13-19)14-27-29-23(31)15-35-25-28-21-6-4-3-5-20(21)24(32)30(25)18-9-7-17(26)8-10-18/h3-14H,15H2,1-2H3,(H,29,31)/b27-14+. The third kappa shape index (κ3) is 5.64. The van der Waals surface area contributed by atoms with Gasteiger partial charge in [0.15, 0.2) is 5.16 Å². The summed E-state index contributed by atoms with van der Waals surface area (Å²) in [5.41, 5.74) is 4.05. The first-order valence-corrected chi connectivity index (χ1v) is 11.8. The van der Waals surface area contributed by atoms with Crippen molar-refractivity contribution in [3.63, 3.8) is 0 Å². The molecule has 0 unspecified atom stereocenters. The second kappa shape index (κ2) is 11.1. The molecule has 8 nitrogen and oxygen atoms in total. The van der Waals surface area contributed by atoms with Gasteiger partial charge in [-0.1, -0.05) is 35.5 Å². The zero-order chi connectivity index (χ0) is 24.8. The molecule has 4 rings (SSSR count). The number of hydrazone groups is 1. The van der Waals surface area contributed by atoms with Crippen molar-refractivity contribution in [1.82, 2.24) is 15.0 Å². The normalized spacial score (nSPS) is 11.1. The number of amides is 1. The molecule has 4 aromatic rings. The zero-order valence-electron chi connectivity index (χ0n) is 18.9. The highest BCUT2D eigenvalue weighted by molar-refractivity contribution is 7.99. The van der Waals surface area contributed by atoms with Crippen molar-refractivity contribution in [2.45, 2.75) is 5.16 Å². The van der Waals surface area contributed by atoms with Crippen LogP contribution in [0.2, 0.25) is 5.02 Å². The summed E-state index contributed by atoms with van der Waals surface area (Å²) in [4.78, 5) is 30.4. The zero-order valence-corrected chi connectivity index (χ0v) is 20.5. The Morgan fingerprint density at radius 2 is 1.89 bits per heavy atom. The Kier molecular flexibility index (Phi) is 7.69. The number of thioether (sulfide) groups is 1. The molecule has 0 bridgehead atoms. The number of rotatable bonds is 8. The molecule has 1 amide bonds. The fourth-order valence-electron chi connectivity index (χ4n) is 3.30. The number of nitrogens with one attached hydrogen (secondary N) is 1. The van der Waals surface area contributed by atoms with Crippen LogP contribution in [0.4, 0.5) is 0 Å². The Hall–Kier alpha value is -3.82. The van der Waals surface area contributed by atoms with Crippen LogP contribution in [0.1, 0.15) is 5.56 Å². The number of aromatic nitrogens is 2. The molecule has 0 saturated heterocycles. The Bertz CT molecular complexity index is 1450. The molecular weight excluding hydrogens is 488 g/mol. The van der Waals surface area contributed by atoms with Gasteiger partial charge in [-0.2, -0.15) is 5.10 Å². The van der Waals surface area contributed by atoms with Crippen LogP contribution in [0.3, 0.4) is 0 Å². The highest BCUT2D eigenvalue weighted by Gasteiger charge is 2.15. The van der Waals surface area contributed by atoms with Gasteiger partial charge in [0.1, 0.15) is 11.5 Å². The third-order valence-electron chi connectivity index (χ3n) is 4.99. The number of hydrogen-bond donors (Lipinski definition) is 1. The quantitative estimate of drug-likeness (QED) is 0.165. The van der Waals surface area contributed by atoms with Crippen LogP contribution in [-0.2, 0) is 4.79 Å². The molecule has 0 saturated carbocycles. The monoisotopic (exact) mass is 508 g/mol. The van der Waals surface area contributed by atoms with E-state index in [1.165, 1.54) is 10.8 Å². The molecule has 0 spiro atoms. The fourth-order valence-corrected chi connectivity index (χ4v) is 4.23. The average Bonchev–Trinajstić information content (AvgIpc) is 2.88. The number of carbonyl (C=O) groups is 1. The van der Waals surface area contributed by atoms with E-state index in [-0.39, 0.29) is 17.2 Å². The minimum atomic E-state index is -0.363.